The molecule has 2 atom stereocenters. The third-order valence-electron chi connectivity index (χ3n) is 7.32. The van der Waals surface area contributed by atoms with Gasteiger partial charge in [-0.1, -0.05) is 23.9 Å². The minimum atomic E-state index is -4.28. The summed E-state index contributed by atoms with van der Waals surface area (Å²) in [6.45, 7) is 4.93. The zero-order valence-electron chi connectivity index (χ0n) is 19.3. The summed E-state index contributed by atoms with van der Waals surface area (Å²) in [5.74, 6) is 2.84. The molecule has 0 spiro atoms. The van der Waals surface area contributed by atoms with E-state index in [4.69, 9.17) is 4.42 Å². The monoisotopic (exact) mass is 491 g/mol. The topological polar surface area (TPSA) is 60.0 Å². The van der Waals surface area contributed by atoms with Crippen LogP contribution in [-0.2, 0) is 18.6 Å². The number of rotatable bonds is 7. The van der Waals surface area contributed by atoms with E-state index in [0.717, 1.165) is 67.5 Å². The number of aromatic nitrogens is 4. The Labute approximate surface area is 200 Å². The van der Waals surface area contributed by atoms with Crippen molar-refractivity contribution in [2.45, 2.75) is 49.4 Å². The Kier molecular flexibility index (Phi) is 6.22. The van der Waals surface area contributed by atoms with Gasteiger partial charge in [0, 0.05) is 12.8 Å². The van der Waals surface area contributed by atoms with Gasteiger partial charge in [-0.15, -0.1) is 10.2 Å². The average Bonchev–Trinajstić information content (AvgIpc) is 3.25. The van der Waals surface area contributed by atoms with Gasteiger partial charge in [-0.05, 0) is 81.3 Å². The molecule has 1 saturated heterocycles. The molecule has 2 aliphatic rings. The van der Waals surface area contributed by atoms with Crippen LogP contribution in [-0.4, -0.2) is 50.0 Å². The van der Waals surface area contributed by atoms with Crippen LogP contribution in [0.15, 0.2) is 40.2 Å². The van der Waals surface area contributed by atoms with Gasteiger partial charge in [0.15, 0.2) is 17.3 Å². The molecule has 3 aromatic rings. The SMILES string of the molecule is Cc1ncoc1-c1nnc(SCCCN2CCC3CC3(c3ccc(C(F)(F)F)cc3)CC2)n1C. The summed E-state index contributed by atoms with van der Waals surface area (Å²) in [6, 6.07) is 5.87. The molecular formula is C24H28F3N5OS. The maximum absolute atomic E-state index is 12.9. The van der Waals surface area contributed by atoms with Gasteiger partial charge >= 0.3 is 6.18 Å². The molecule has 2 aromatic heterocycles. The number of hydrogen-bond acceptors (Lipinski definition) is 6. The molecule has 3 heterocycles. The van der Waals surface area contributed by atoms with Crippen LogP contribution in [0, 0.1) is 12.8 Å². The maximum atomic E-state index is 12.9. The van der Waals surface area contributed by atoms with Crippen LogP contribution < -0.4 is 0 Å². The molecule has 0 amide bonds. The number of alkyl halides is 3. The molecule has 5 rings (SSSR count). The quantitative estimate of drug-likeness (QED) is 0.329. The molecule has 182 valence electrons. The van der Waals surface area contributed by atoms with Crippen molar-refractivity contribution in [3.05, 3.63) is 47.5 Å². The standard InChI is InChI=1S/C24H28F3N5OS/c1-16-20(33-15-28-16)21-29-30-22(31(21)2)34-13-3-10-32-11-8-19-14-23(19,9-12-32)17-4-6-18(7-5-17)24(25,26)27/h4-7,15,19H,3,8-14H2,1-2H3. The predicted molar refractivity (Wildman–Crippen MR) is 123 cm³/mol. The van der Waals surface area contributed by atoms with Crippen molar-refractivity contribution in [3.63, 3.8) is 0 Å². The van der Waals surface area contributed by atoms with Crippen LogP contribution in [0.3, 0.4) is 0 Å². The van der Waals surface area contributed by atoms with Crippen LogP contribution in [0.5, 0.6) is 0 Å². The lowest BCUT2D eigenvalue weighted by Gasteiger charge is -2.22. The fraction of sp³-hybridized carbons (Fsp3) is 0.542. The zero-order valence-corrected chi connectivity index (χ0v) is 20.1. The van der Waals surface area contributed by atoms with Crippen LogP contribution >= 0.6 is 11.8 Å². The Morgan fingerprint density at radius 1 is 1.18 bits per heavy atom. The second-order valence-electron chi connectivity index (χ2n) is 9.35. The van der Waals surface area contributed by atoms with E-state index in [9.17, 15) is 13.2 Å². The number of benzene rings is 1. The molecule has 1 aromatic carbocycles. The molecule has 1 saturated carbocycles. The maximum Gasteiger partial charge on any atom is 0.416 e. The van der Waals surface area contributed by atoms with Crippen LogP contribution in [0.2, 0.25) is 0 Å². The Balaban J connectivity index is 1.11. The van der Waals surface area contributed by atoms with Gasteiger partial charge in [-0.3, -0.25) is 0 Å². The predicted octanol–water partition coefficient (Wildman–Crippen LogP) is 5.33. The number of fused-ring (bicyclic) bond motifs is 1. The highest BCUT2D eigenvalue weighted by molar-refractivity contribution is 7.99. The minimum Gasteiger partial charge on any atom is -0.440 e. The summed E-state index contributed by atoms with van der Waals surface area (Å²) in [7, 11) is 1.93. The minimum absolute atomic E-state index is 0.0709. The lowest BCUT2D eigenvalue weighted by Crippen LogP contribution is -2.27. The molecule has 10 heteroatoms. The first-order valence-electron chi connectivity index (χ1n) is 11.6. The normalized spacial score (nSPS) is 23.0. The third-order valence-corrected chi connectivity index (χ3v) is 8.43. The fourth-order valence-electron chi connectivity index (χ4n) is 5.19. The van der Waals surface area contributed by atoms with E-state index in [1.54, 1.807) is 23.9 Å². The first-order valence-corrected chi connectivity index (χ1v) is 12.6. The number of hydrogen-bond donors (Lipinski definition) is 0. The summed E-state index contributed by atoms with van der Waals surface area (Å²) in [4.78, 5) is 6.62. The van der Waals surface area contributed by atoms with E-state index in [-0.39, 0.29) is 5.41 Å². The first-order chi connectivity index (χ1) is 16.3. The number of thioether (sulfide) groups is 1. The molecule has 34 heavy (non-hydrogen) atoms. The lowest BCUT2D eigenvalue weighted by atomic mass is 9.89. The summed E-state index contributed by atoms with van der Waals surface area (Å²) < 4.78 is 46.1. The summed E-state index contributed by atoms with van der Waals surface area (Å²) in [5, 5.41) is 9.40. The van der Waals surface area contributed by atoms with Crippen molar-refractivity contribution in [3.8, 4) is 11.6 Å². The van der Waals surface area contributed by atoms with E-state index in [0.29, 0.717) is 17.5 Å². The van der Waals surface area contributed by atoms with Crippen LogP contribution in [0.25, 0.3) is 11.6 Å². The largest absolute Gasteiger partial charge is 0.440 e. The molecule has 1 aliphatic heterocycles. The lowest BCUT2D eigenvalue weighted by molar-refractivity contribution is -0.137. The van der Waals surface area contributed by atoms with Gasteiger partial charge in [0.25, 0.3) is 0 Å². The number of oxazole rings is 1. The number of likely N-dealkylation sites (tertiary alicyclic amines) is 1. The third kappa shape index (κ3) is 4.49. The Morgan fingerprint density at radius 3 is 2.68 bits per heavy atom. The Hall–Kier alpha value is -2.33. The van der Waals surface area contributed by atoms with Crippen LogP contribution in [0.4, 0.5) is 13.2 Å². The van der Waals surface area contributed by atoms with Crippen molar-refractivity contribution in [2.75, 3.05) is 25.4 Å². The smallest absolute Gasteiger partial charge is 0.416 e. The Morgan fingerprint density at radius 2 is 1.97 bits per heavy atom. The molecule has 2 unspecified atom stereocenters. The van der Waals surface area contributed by atoms with E-state index in [1.807, 2.05) is 18.5 Å². The Bertz CT molecular complexity index is 1140. The fourth-order valence-corrected chi connectivity index (χ4v) is 6.03. The van der Waals surface area contributed by atoms with E-state index >= 15 is 0 Å². The van der Waals surface area contributed by atoms with Gasteiger partial charge in [0.05, 0.1) is 11.3 Å². The van der Waals surface area contributed by atoms with Crippen molar-refractivity contribution < 1.29 is 17.6 Å². The van der Waals surface area contributed by atoms with Gasteiger partial charge in [-0.2, -0.15) is 13.2 Å². The summed E-state index contributed by atoms with van der Waals surface area (Å²) in [6.07, 6.45) is 1.39. The second-order valence-corrected chi connectivity index (χ2v) is 10.4. The van der Waals surface area contributed by atoms with Crippen molar-refractivity contribution in [2.24, 2.45) is 13.0 Å². The van der Waals surface area contributed by atoms with E-state index in [1.165, 1.54) is 18.5 Å². The highest BCUT2D eigenvalue weighted by atomic mass is 32.2. The van der Waals surface area contributed by atoms with Crippen LogP contribution in [0.1, 0.15) is 42.5 Å². The molecule has 1 aliphatic carbocycles. The van der Waals surface area contributed by atoms with Gasteiger partial charge in [0.2, 0.25) is 5.82 Å². The molecule has 0 bridgehead atoms. The highest BCUT2D eigenvalue weighted by Crippen LogP contribution is 2.59. The number of nitrogens with zero attached hydrogens (tertiary/aromatic N) is 5. The van der Waals surface area contributed by atoms with Gasteiger partial charge < -0.3 is 13.9 Å². The summed E-state index contributed by atoms with van der Waals surface area (Å²) in [5.41, 5.74) is 1.37. The molecular weight excluding hydrogens is 463 g/mol. The average molecular weight is 492 g/mol. The molecule has 6 nitrogen and oxygen atoms in total. The molecule has 0 radical (unpaired) electrons. The number of halogens is 3. The molecule has 0 N–H and O–H groups in total. The van der Waals surface area contributed by atoms with Gasteiger partial charge in [0.1, 0.15) is 0 Å². The van der Waals surface area contributed by atoms with Crippen molar-refractivity contribution in [1.29, 1.82) is 0 Å². The molecule has 2 fully saturated rings. The summed E-state index contributed by atoms with van der Waals surface area (Å²) >= 11 is 1.68. The highest BCUT2D eigenvalue weighted by Gasteiger charge is 2.55. The van der Waals surface area contributed by atoms with E-state index in [2.05, 4.69) is 20.1 Å². The number of aryl methyl sites for hydroxylation is 1. The second kappa shape index (κ2) is 9.03. The zero-order chi connectivity index (χ0) is 23.9. The van der Waals surface area contributed by atoms with Gasteiger partial charge in [-0.25, -0.2) is 4.98 Å². The first kappa shape index (κ1) is 23.4. The van der Waals surface area contributed by atoms with E-state index < -0.39 is 11.7 Å². The van der Waals surface area contributed by atoms with Crippen molar-refractivity contribution in [1.82, 2.24) is 24.6 Å². The van der Waals surface area contributed by atoms with Crippen molar-refractivity contribution >= 4 is 11.8 Å².